The molecule has 2 aromatic carbocycles. The Hall–Kier alpha value is -3.09. The Kier molecular flexibility index (Phi) is 4.80. The first kappa shape index (κ1) is 16.3. The van der Waals surface area contributed by atoms with E-state index in [4.69, 9.17) is 4.74 Å². The van der Waals surface area contributed by atoms with Crippen molar-refractivity contribution in [3.63, 3.8) is 0 Å². The van der Waals surface area contributed by atoms with Gasteiger partial charge in [-0.2, -0.15) is 5.10 Å². The van der Waals surface area contributed by atoms with Crippen molar-refractivity contribution >= 4 is 17.6 Å². The van der Waals surface area contributed by atoms with Crippen molar-refractivity contribution in [3.05, 3.63) is 57.1 Å². The summed E-state index contributed by atoms with van der Waals surface area (Å²) in [5.41, 5.74) is 5.88. The van der Waals surface area contributed by atoms with Crippen LogP contribution >= 0.6 is 0 Å². The topological polar surface area (TPSA) is 97.0 Å². The summed E-state index contributed by atoms with van der Waals surface area (Å²) in [5, 5.41) is 24.9. The minimum absolute atomic E-state index is 0.0202. The molecular formula is C16H17N3O4. The highest BCUT2D eigenvalue weighted by Crippen LogP contribution is 2.33. The predicted octanol–water partition coefficient (Wildman–Crippen LogP) is 3.37. The van der Waals surface area contributed by atoms with Gasteiger partial charge in [0, 0.05) is 11.6 Å². The van der Waals surface area contributed by atoms with Gasteiger partial charge in [-0.3, -0.25) is 15.5 Å². The van der Waals surface area contributed by atoms with Gasteiger partial charge in [-0.15, -0.1) is 0 Å². The van der Waals surface area contributed by atoms with Crippen LogP contribution in [-0.4, -0.2) is 23.4 Å². The fraction of sp³-hybridized carbons (Fsp3) is 0.188. The predicted molar refractivity (Wildman–Crippen MR) is 88.4 cm³/mol. The molecule has 2 N–H and O–H groups in total. The second-order valence-electron chi connectivity index (χ2n) is 5.01. The third kappa shape index (κ3) is 3.76. The fourth-order valence-electron chi connectivity index (χ4n) is 1.96. The molecule has 7 nitrogen and oxygen atoms in total. The molecule has 0 atom stereocenters. The number of phenolic OH excluding ortho intramolecular Hbond substituents is 1. The number of nitrogens with one attached hydrogen (secondary N) is 1. The number of benzene rings is 2. The van der Waals surface area contributed by atoms with Crippen LogP contribution in [0.25, 0.3) is 0 Å². The zero-order valence-corrected chi connectivity index (χ0v) is 13.0. The molecule has 23 heavy (non-hydrogen) atoms. The first-order valence-corrected chi connectivity index (χ1v) is 6.84. The van der Waals surface area contributed by atoms with E-state index in [1.807, 2.05) is 32.0 Å². The van der Waals surface area contributed by atoms with Crippen LogP contribution in [0.5, 0.6) is 11.5 Å². The molecule has 0 aliphatic heterocycles. The quantitative estimate of drug-likeness (QED) is 0.501. The molecule has 0 heterocycles. The Balaban J connectivity index is 2.26. The number of hydrazone groups is 1. The molecule has 0 saturated carbocycles. The van der Waals surface area contributed by atoms with Crippen LogP contribution in [0.15, 0.2) is 35.4 Å². The van der Waals surface area contributed by atoms with E-state index in [0.717, 1.165) is 17.3 Å². The molecule has 0 bridgehead atoms. The van der Waals surface area contributed by atoms with E-state index in [0.29, 0.717) is 0 Å². The Morgan fingerprint density at radius 3 is 2.61 bits per heavy atom. The number of rotatable bonds is 5. The smallest absolute Gasteiger partial charge is 0.274 e. The molecule has 0 amide bonds. The lowest BCUT2D eigenvalue weighted by molar-refractivity contribution is -0.385. The largest absolute Gasteiger partial charge is 0.504 e. The summed E-state index contributed by atoms with van der Waals surface area (Å²) in [7, 11) is 1.33. The molecule has 2 aromatic rings. The highest BCUT2D eigenvalue weighted by molar-refractivity contribution is 5.86. The summed E-state index contributed by atoms with van der Waals surface area (Å²) >= 11 is 0. The summed E-state index contributed by atoms with van der Waals surface area (Å²) in [5.74, 6) is -0.185. The average Bonchev–Trinajstić information content (AvgIpc) is 2.52. The Bertz CT molecular complexity index is 772. The van der Waals surface area contributed by atoms with Gasteiger partial charge in [0.15, 0.2) is 11.5 Å². The molecule has 0 fully saturated rings. The number of methoxy groups -OCH3 is 1. The summed E-state index contributed by atoms with van der Waals surface area (Å²) in [6.07, 6.45) is 1.31. The average molecular weight is 315 g/mol. The molecule has 0 aliphatic rings. The van der Waals surface area contributed by atoms with E-state index in [9.17, 15) is 15.2 Å². The van der Waals surface area contributed by atoms with Crippen molar-refractivity contribution in [2.24, 2.45) is 5.10 Å². The van der Waals surface area contributed by atoms with Crippen LogP contribution in [0.4, 0.5) is 11.4 Å². The van der Waals surface area contributed by atoms with E-state index >= 15 is 0 Å². The molecule has 0 saturated heterocycles. The van der Waals surface area contributed by atoms with E-state index in [1.54, 1.807) is 0 Å². The number of hydrogen-bond acceptors (Lipinski definition) is 6. The van der Waals surface area contributed by atoms with Crippen molar-refractivity contribution in [1.29, 1.82) is 0 Å². The molecule has 0 unspecified atom stereocenters. The number of anilines is 1. The van der Waals surface area contributed by atoms with Gasteiger partial charge in [0.2, 0.25) is 0 Å². The Labute approximate surface area is 133 Å². The normalized spacial score (nSPS) is 10.7. The molecule has 0 aliphatic carbocycles. The number of hydrogen-bond donors (Lipinski definition) is 2. The number of aromatic hydroxyl groups is 1. The first-order chi connectivity index (χ1) is 10.9. The van der Waals surface area contributed by atoms with E-state index < -0.39 is 4.92 Å². The third-order valence-corrected chi connectivity index (χ3v) is 3.42. The lowest BCUT2D eigenvalue weighted by Gasteiger charge is -2.07. The Morgan fingerprint density at radius 2 is 2.00 bits per heavy atom. The molecule has 120 valence electrons. The summed E-state index contributed by atoms with van der Waals surface area (Å²) in [6, 6.07) is 8.14. The van der Waals surface area contributed by atoms with E-state index in [2.05, 4.69) is 10.5 Å². The molecule has 0 aromatic heterocycles. The summed E-state index contributed by atoms with van der Waals surface area (Å²) in [4.78, 5) is 10.3. The second kappa shape index (κ2) is 6.78. The van der Waals surface area contributed by atoms with Crippen molar-refractivity contribution in [2.45, 2.75) is 13.8 Å². The van der Waals surface area contributed by atoms with Gasteiger partial charge in [0.05, 0.1) is 30.0 Å². The number of ether oxygens (including phenoxy) is 1. The van der Waals surface area contributed by atoms with Crippen LogP contribution in [0.3, 0.4) is 0 Å². The fourth-order valence-corrected chi connectivity index (χ4v) is 1.96. The van der Waals surface area contributed by atoms with Crippen LogP contribution < -0.4 is 10.2 Å². The highest BCUT2D eigenvalue weighted by Gasteiger charge is 2.15. The van der Waals surface area contributed by atoms with Gasteiger partial charge in [0.1, 0.15) is 0 Å². The van der Waals surface area contributed by atoms with Crippen molar-refractivity contribution in [3.8, 4) is 11.5 Å². The van der Waals surface area contributed by atoms with Crippen molar-refractivity contribution in [1.82, 2.24) is 0 Å². The van der Waals surface area contributed by atoms with Gasteiger partial charge in [-0.1, -0.05) is 6.07 Å². The molecule has 0 radical (unpaired) electrons. The number of aryl methyl sites for hydroxylation is 2. The zero-order chi connectivity index (χ0) is 17.0. The van der Waals surface area contributed by atoms with Crippen molar-refractivity contribution in [2.75, 3.05) is 12.5 Å². The number of non-ortho nitro benzene ring substituents is 1. The molecule has 2 rings (SSSR count). The van der Waals surface area contributed by atoms with Gasteiger partial charge < -0.3 is 9.84 Å². The van der Waals surface area contributed by atoms with Crippen LogP contribution in [-0.2, 0) is 0 Å². The van der Waals surface area contributed by atoms with E-state index in [-0.39, 0.29) is 22.7 Å². The SMILES string of the molecule is COc1cc([N+](=O)[O-])cc(C=NNc2ccc(C)c(C)c2)c1O. The summed E-state index contributed by atoms with van der Waals surface area (Å²) < 4.78 is 4.93. The maximum Gasteiger partial charge on any atom is 0.274 e. The van der Waals surface area contributed by atoms with Gasteiger partial charge in [-0.25, -0.2) is 0 Å². The highest BCUT2D eigenvalue weighted by atomic mass is 16.6. The lowest BCUT2D eigenvalue weighted by Crippen LogP contribution is -1.96. The standard InChI is InChI=1S/C16H17N3O4/c1-10-4-5-13(6-11(10)2)18-17-9-12-7-14(19(21)22)8-15(23-3)16(12)20/h4-9,18,20H,1-3H3. The number of nitro groups is 1. The van der Waals surface area contributed by atoms with Crippen LogP contribution in [0.1, 0.15) is 16.7 Å². The maximum absolute atomic E-state index is 10.9. The lowest BCUT2D eigenvalue weighted by atomic mass is 10.1. The van der Waals surface area contributed by atoms with Gasteiger partial charge in [-0.05, 0) is 37.1 Å². The van der Waals surface area contributed by atoms with Crippen LogP contribution in [0.2, 0.25) is 0 Å². The zero-order valence-electron chi connectivity index (χ0n) is 13.0. The molecule has 7 heteroatoms. The van der Waals surface area contributed by atoms with Gasteiger partial charge >= 0.3 is 0 Å². The summed E-state index contributed by atoms with van der Waals surface area (Å²) in [6.45, 7) is 4.00. The van der Waals surface area contributed by atoms with Crippen molar-refractivity contribution < 1.29 is 14.8 Å². The third-order valence-electron chi connectivity index (χ3n) is 3.42. The number of phenols is 1. The van der Waals surface area contributed by atoms with E-state index in [1.165, 1.54) is 25.0 Å². The first-order valence-electron chi connectivity index (χ1n) is 6.84. The maximum atomic E-state index is 10.9. The number of nitro benzene ring substituents is 1. The van der Waals surface area contributed by atoms with Crippen LogP contribution in [0, 0.1) is 24.0 Å². The Morgan fingerprint density at radius 1 is 1.26 bits per heavy atom. The minimum atomic E-state index is -0.559. The monoisotopic (exact) mass is 315 g/mol. The molecule has 0 spiro atoms. The second-order valence-corrected chi connectivity index (χ2v) is 5.01. The van der Waals surface area contributed by atoms with Gasteiger partial charge in [0.25, 0.3) is 5.69 Å². The minimum Gasteiger partial charge on any atom is -0.504 e. The molecular weight excluding hydrogens is 298 g/mol. The number of nitrogens with zero attached hydrogens (tertiary/aromatic N) is 2.